The molecule has 1 saturated heterocycles. The van der Waals surface area contributed by atoms with Gasteiger partial charge in [-0.1, -0.05) is 36.5 Å². The lowest BCUT2D eigenvalue weighted by atomic mass is 9.94. The molecular weight excluding hydrogens is 343 g/mol. The number of carbonyl (C=O) groups is 2. The molecular formula is C18H17FN2O3S. The molecule has 1 atom stereocenters. The van der Waals surface area contributed by atoms with Gasteiger partial charge in [0.05, 0.1) is 17.3 Å². The van der Waals surface area contributed by atoms with E-state index >= 15 is 0 Å². The number of thioether (sulfide) groups is 1. The van der Waals surface area contributed by atoms with Gasteiger partial charge in [0.2, 0.25) is 5.91 Å². The standard InChI is InChI=1S/C18H17FN2O3S/c1-3-8-24-17(23)15-11(2)20-18-21(14(22)7-9-25-18)16(15)12-5-4-6-13(19)10-12/h3-6,10,16H,1,7-9H2,2H3. The van der Waals surface area contributed by atoms with E-state index in [-0.39, 0.29) is 18.1 Å². The summed E-state index contributed by atoms with van der Waals surface area (Å²) in [7, 11) is 0. The molecule has 25 heavy (non-hydrogen) atoms. The molecule has 130 valence electrons. The molecule has 5 nitrogen and oxygen atoms in total. The number of esters is 1. The maximum absolute atomic E-state index is 13.8. The van der Waals surface area contributed by atoms with Gasteiger partial charge in [0.15, 0.2) is 5.17 Å². The van der Waals surface area contributed by atoms with Crippen molar-refractivity contribution in [3.05, 3.63) is 59.6 Å². The van der Waals surface area contributed by atoms with E-state index in [4.69, 9.17) is 4.74 Å². The predicted octanol–water partition coefficient (Wildman–Crippen LogP) is 3.21. The second-order valence-corrected chi connectivity index (χ2v) is 6.66. The van der Waals surface area contributed by atoms with Crippen molar-refractivity contribution >= 4 is 28.8 Å². The zero-order chi connectivity index (χ0) is 18.0. The Kier molecular flexibility index (Phi) is 5.03. The summed E-state index contributed by atoms with van der Waals surface area (Å²) in [4.78, 5) is 31.0. The zero-order valence-electron chi connectivity index (χ0n) is 13.7. The summed E-state index contributed by atoms with van der Waals surface area (Å²) in [6.07, 6.45) is 1.80. The fourth-order valence-corrected chi connectivity index (χ4v) is 3.87. The second kappa shape index (κ2) is 7.23. The van der Waals surface area contributed by atoms with Crippen molar-refractivity contribution in [2.45, 2.75) is 19.4 Å². The Morgan fingerprint density at radius 3 is 3.08 bits per heavy atom. The molecule has 1 unspecified atom stereocenters. The van der Waals surface area contributed by atoms with Crippen molar-refractivity contribution in [2.24, 2.45) is 4.99 Å². The first-order valence-electron chi connectivity index (χ1n) is 7.80. The molecule has 0 bridgehead atoms. The summed E-state index contributed by atoms with van der Waals surface area (Å²) in [5, 5.41) is 0.531. The summed E-state index contributed by atoms with van der Waals surface area (Å²) >= 11 is 1.45. The van der Waals surface area contributed by atoms with Crippen molar-refractivity contribution < 1.29 is 18.7 Å². The van der Waals surface area contributed by atoms with E-state index in [2.05, 4.69) is 11.6 Å². The number of carbonyl (C=O) groups excluding carboxylic acids is 2. The number of benzene rings is 1. The number of hydrogen-bond acceptors (Lipinski definition) is 5. The number of nitrogens with zero attached hydrogens (tertiary/aromatic N) is 2. The number of allylic oxidation sites excluding steroid dienone is 1. The van der Waals surface area contributed by atoms with Gasteiger partial charge in [0.25, 0.3) is 0 Å². The van der Waals surface area contributed by atoms with Crippen LogP contribution in [0.2, 0.25) is 0 Å². The number of amidine groups is 1. The van der Waals surface area contributed by atoms with Crippen molar-refractivity contribution in [3.8, 4) is 0 Å². The summed E-state index contributed by atoms with van der Waals surface area (Å²) in [5.41, 5.74) is 1.22. The van der Waals surface area contributed by atoms with Crippen LogP contribution in [-0.4, -0.2) is 34.3 Å². The minimum Gasteiger partial charge on any atom is -0.458 e. The molecule has 0 aliphatic carbocycles. The molecule has 1 fully saturated rings. The molecule has 2 heterocycles. The van der Waals surface area contributed by atoms with E-state index < -0.39 is 17.8 Å². The van der Waals surface area contributed by atoms with Gasteiger partial charge < -0.3 is 4.74 Å². The van der Waals surface area contributed by atoms with Crippen LogP contribution in [-0.2, 0) is 14.3 Å². The molecule has 2 aliphatic rings. The highest BCUT2D eigenvalue weighted by atomic mass is 32.2. The first-order valence-corrected chi connectivity index (χ1v) is 8.79. The number of halogens is 1. The van der Waals surface area contributed by atoms with Gasteiger partial charge in [0.1, 0.15) is 12.4 Å². The molecule has 2 aliphatic heterocycles. The molecule has 1 aromatic rings. The maximum Gasteiger partial charge on any atom is 0.338 e. The Bertz CT molecular complexity index is 803. The highest BCUT2D eigenvalue weighted by Crippen LogP contribution is 2.40. The zero-order valence-corrected chi connectivity index (χ0v) is 14.5. The Balaban J connectivity index is 2.13. The first-order chi connectivity index (χ1) is 12.0. The van der Waals surface area contributed by atoms with Crippen LogP contribution >= 0.6 is 11.8 Å². The molecule has 1 amide bonds. The van der Waals surface area contributed by atoms with Crippen LogP contribution in [0.4, 0.5) is 4.39 Å². The van der Waals surface area contributed by atoms with E-state index in [9.17, 15) is 14.0 Å². The number of rotatable bonds is 4. The SMILES string of the molecule is C=CCOC(=O)C1=C(C)N=C2SCCC(=O)N2C1c1cccc(F)c1. The molecule has 3 rings (SSSR count). The number of hydrogen-bond donors (Lipinski definition) is 0. The normalized spacial score (nSPS) is 20.1. The number of aliphatic imine (C=N–C) groups is 1. The summed E-state index contributed by atoms with van der Waals surface area (Å²) in [5.74, 6) is -0.533. The van der Waals surface area contributed by atoms with Gasteiger partial charge in [0, 0.05) is 12.2 Å². The summed E-state index contributed by atoms with van der Waals surface area (Å²) in [6, 6.07) is 5.15. The van der Waals surface area contributed by atoms with Gasteiger partial charge >= 0.3 is 5.97 Å². The smallest absolute Gasteiger partial charge is 0.338 e. The van der Waals surface area contributed by atoms with E-state index in [1.165, 1.54) is 34.9 Å². The quantitative estimate of drug-likeness (QED) is 0.611. The number of ether oxygens (including phenoxy) is 1. The van der Waals surface area contributed by atoms with E-state index in [1.54, 1.807) is 19.1 Å². The lowest BCUT2D eigenvalue weighted by Gasteiger charge is -2.38. The van der Waals surface area contributed by atoms with Crippen LogP contribution in [0.1, 0.15) is 24.9 Å². The van der Waals surface area contributed by atoms with Crippen molar-refractivity contribution in [3.63, 3.8) is 0 Å². The molecule has 0 saturated carbocycles. The molecule has 1 aromatic carbocycles. The monoisotopic (exact) mass is 360 g/mol. The molecule has 0 radical (unpaired) electrons. The van der Waals surface area contributed by atoms with Gasteiger partial charge in [-0.05, 0) is 24.6 Å². The Morgan fingerprint density at radius 1 is 1.56 bits per heavy atom. The molecule has 0 spiro atoms. The van der Waals surface area contributed by atoms with Crippen molar-refractivity contribution in [1.29, 1.82) is 0 Å². The maximum atomic E-state index is 13.8. The Hall–Kier alpha value is -2.41. The minimum absolute atomic E-state index is 0.0464. The van der Waals surface area contributed by atoms with Gasteiger partial charge in [-0.2, -0.15) is 0 Å². The number of amides is 1. The first kappa shape index (κ1) is 17.4. The van der Waals surface area contributed by atoms with Crippen molar-refractivity contribution in [2.75, 3.05) is 12.4 Å². The van der Waals surface area contributed by atoms with Crippen molar-refractivity contribution in [1.82, 2.24) is 4.90 Å². The van der Waals surface area contributed by atoms with Crippen LogP contribution < -0.4 is 0 Å². The average molecular weight is 360 g/mol. The van der Waals surface area contributed by atoms with Crippen LogP contribution in [0.25, 0.3) is 0 Å². The van der Waals surface area contributed by atoms with E-state index in [0.29, 0.717) is 28.6 Å². The lowest BCUT2D eigenvalue weighted by molar-refractivity contribution is -0.139. The fraction of sp³-hybridized carbons (Fsp3) is 0.278. The topological polar surface area (TPSA) is 59.0 Å². The fourth-order valence-electron chi connectivity index (χ4n) is 2.86. The van der Waals surface area contributed by atoms with Crippen LogP contribution in [0.3, 0.4) is 0 Å². The van der Waals surface area contributed by atoms with E-state index in [1.807, 2.05) is 0 Å². The third kappa shape index (κ3) is 3.37. The summed E-state index contributed by atoms with van der Waals surface area (Å²) < 4.78 is 19.0. The third-order valence-corrected chi connectivity index (χ3v) is 4.88. The van der Waals surface area contributed by atoms with Gasteiger partial charge in [-0.3, -0.25) is 9.69 Å². The highest BCUT2D eigenvalue weighted by Gasteiger charge is 2.41. The van der Waals surface area contributed by atoms with Gasteiger partial charge in [-0.25, -0.2) is 14.2 Å². The molecule has 7 heteroatoms. The predicted molar refractivity (Wildman–Crippen MR) is 94.4 cm³/mol. The summed E-state index contributed by atoms with van der Waals surface area (Å²) in [6.45, 7) is 5.27. The highest BCUT2D eigenvalue weighted by molar-refractivity contribution is 8.14. The molecule has 0 aromatic heterocycles. The number of fused-ring (bicyclic) bond motifs is 1. The Morgan fingerprint density at radius 2 is 2.36 bits per heavy atom. The molecule has 0 N–H and O–H groups in total. The largest absolute Gasteiger partial charge is 0.458 e. The lowest BCUT2D eigenvalue weighted by Crippen LogP contribution is -2.45. The van der Waals surface area contributed by atoms with Crippen LogP contribution in [0.15, 0.2) is 53.2 Å². The van der Waals surface area contributed by atoms with Gasteiger partial charge in [-0.15, -0.1) is 0 Å². The van der Waals surface area contributed by atoms with Crippen LogP contribution in [0.5, 0.6) is 0 Å². The second-order valence-electron chi connectivity index (χ2n) is 5.60. The average Bonchev–Trinajstić information content (AvgIpc) is 2.58. The minimum atomic E-state index is -0.749. The van der Waals surface area contributed by atoms with E-state index in [0.717, 1.165) is 0 Å². The van der Waals surface area contributed by atoms with Crippen LogP contribution in [0, 0.1) is 5.82 Å². The Labute approximate surface area is 149 Å². The third-order valence-electron chi connectivity index (χ3n) is 3.92.